The van der Waals surface area contributed by atoms with E-state index in [1.54, 1.807) is 37.3 Å². The Bertz CT molecular complexity index is 1030. The van der Waals surface area contributed by atoms with Gasteiger partial charge in [0, 0.05) is 17.6 Å². The van der Waals surface area contributed by atoms with Crippen LogP contribution in [0.3, 0.4) is 0 Å². The van der Waals surface area contributed by atoms with Crippen LogP contribution in [0.15, 0.2) is 54.7 Å². The Balaban J connectivity index is 1.69. The van der Waals surface area contributed by atoms with Gasteiger partial charge < -0.3 is 15.4 Å². The summed E-state index contributed by atoms with van der Waals surface area (Å²) in [6.07, 6.45) is 1.51. The number of ether oxygens (including phenoxy) is 1. The third kappa shape index (κ3) is 5.16. The largest absolute Gasteiger partial charge is 0.462 e. The van der Waals surface area contributed by atoms with E-state index in [9.17, 15) is 9.59 Å². The molecule has 148 valence electrons. The minimum absolute atomic E-state index is 0.240. The molecule has 1 aromatic heterocycles. The number of nitrogens with zero attached hydrogens (tertiary/aromatic N) is 2. The standard InChI is InChI=1S/C22H22N4O3/c1-4-29-21(28)16-6-9-17(10-7-16)25-22-23-12-11-19(26-22)20(27)24-18-8-5-14(2)15(3)13-18/h5-13H,4H2,1-3H3,(H,24,27)(H,23,25,26). The van der Waals surface area contributed by atoms with Crippen molar-refractivity contribution in [1.29, 1.82) is 0 Å². The highest BCUT2D eigenvalue weighted by Crippen LogP contribution is 2.17. The first-order valence-corrected chi connectivity index (χ1v) is 9.22. The highest BCUT2D eigenvalue weighted by atomic mass is 16.5. The molecule has 0 bridgehead atoms. The smallest absolute Gasteiger partial charge is 0.338 e. The Hall–Kier alpha value is -3.74. The van der Waals surface area contributed by atoms with Gasteiger partial charge in [-0.15, -0.1) is 0 Å². The number of esters is 1. The quantitative estimate of drug-likeness (QED) is 0.611. The number of amides is 1. The summed E-state index contributed by atoms with van der Waals surface area (Å²) in [6, 6.07) is 14.0. The van der Waals surface area contributed by atoms with Crippen molar-refractivity contribution < 1.29 is 14.3 Å². The summed E-state index contributed by atoms with van der Waals surface area (Å²) in [7, 11) is 0. The Kier molecular flexibility index (Phi) is 6.19. The van der Waals surface area contributed by atoms with Crippen LogP contribution in [0.5, 0.6) is 0 Å². The Morgan fingerprint density at radius 2 is 1.69 bits per heavy atom. The molecule has 29 heavy (non-hydrogen) atoms. The second-order valence-electron chi connectivity index (χ2n) is 6.44. The zero-order valence-electron chi connectivity index (χ0n) is 16.5. The molecule has 0 spiro atoms. The molecule has 3 rings (SSSR count). The number of anilines is 3. The van der Waals surface area contributed by atoms with Crippen LogP contribution < -0.4 is 10.6 Å². The first kappa shape index (κ1) is 20.0. The molecule has 1 heterocycles. The van der Waals surface area contributed by atoms with Crippen molar-refractivity contribution >= 4 is 29.2 Å². The third-order valence-electron chi connectivity index (χ3n) is 4.31. The fourth-order valence-electron chi connectivity index (χ4n) is 2.59. The molecule has 0 unspecified atom stereocenters. The number of carbonyl (C=O) groups excluding carboxylic acids is 2. The lowest BCUT2D eigenvalue weighted by Gasteiger charge is -2.09. The highest BCUT2D eigenvalue weighted by molar-refractivity contribution is 6.03. The van der Waals surface area contributed by atoms with E-state index in [0.717, 1.165) is 11.1 Å². The molecule has 2 N–H and O–H groups in total. The number of carbonyl (C=O) groups is 2. The summed E-state index contributed by atoms with van der Waals surface area (Å²) in [5.41, 5.74) is 4.35. The van der Waals surface area contributed by atoms with Crippen molar-refractivity contribution in [3.63, 3.8) is 0 Å². The molecule has 0 aliphatic rings. The van der Waals surface area contributed by atoms with Gasteiger partial charge in [0.15, 0.2) is 0 Å². The summed E-state index contributed by atoms with van der Waals surface area (Å²) in [5, 5.41) is 5.86. The fraction of sp³-hybridized carbons (Fsp3) is 0.182. The van der Waals surface area contributed by atoms with Gasteiger partial charge in [-0.05, 0) is 74.4 Å². The zero-order chi connectivity index (χ0) is 20.8. The maximum absolute atomic E-state index is 12.5. The lowest BCUT2D eigenvalue weighted by atomic mass is 10.1. The SMILES string of the molecule is CCOC(=O)c1ccc(Nc2nccc(C(=O)Nc3ccc(C)c(C)c3)n2)cc1. The zero-order valence-corrected chi connectivity index (χ0v) is 16.5. The van der Waals surface area contributed by atoms with E-state index in [0.29, 0.717) is 23.5 Å². The van der Waals surface area contributed by atoms with Gasteiger partial charge in [-0.3, -0.25) is 4.79 Å². The number of benzene rings is 2. The molecule has 7 nitrogen and oxygen atoms in total. The number of rotatable bonds is 6. The summed E-state index contributed by atoms with van der Waals surface area (Å²) in [4.78, 5) is 32.6. The minimum Gasteiger partial charge on any atom is -0.462 e. The summed E-state index contributed by atoms with van der Waals surface area (Å²) < 4.78 is 4.96. The van der Waals surface area contributed by atoms with Crippen LogP contribution in [0, 0.1) is 13.8 Å². The van der Waals surface area contributed by atoms with E-state index in [-0.39, 0.29) is 23.5 Å². The molecule has 1 amide bonds. The van der Waals surface area contributed by atoms with Gasteiger partial charge in [-0.2, -0.15) is 0 Å². The van der Waals surface area contributed by atoms with Gasteiger partial charge in [-0.1, -0.05) is 6.07 Å². The molecular formula is C22H22N4O3. The minimum atomic E-state index is -0.375. The number of hydrogen-bond acceptors (Lipinski definition) is 6. The van der Waals surface area contributed by atoms with Crippen molar-refractivity contribution in [3.8, 4) is 0 Å². The predicted octanol–water partition coefficient (Wildman–Crippen LogP) is 4.27. The van der Waals surface area contributed by atoms with Crippen LogP contribution in [-0.4, -0.2) is 28.5 Å². The molecule has 7 heteroatoms. The van der Waals surface area contributed by atoms with E-state index < -0.39 is 0 Å². The van der Waals surface area contributed by atoms with E-state index in [1.165, 1.54) is 6.20 Å². The maximum Gasteiger partial charge on any atom is 0.338 e. The van der Waals surface area contributed by atoms with Crippen molar-refractivity contribution in [1.82, 2.24) is 9.97 Å². The maximum atomic E-state index is 12.5. The summed E-state index contributed by atoms with van der Waals surface area (Å²) in [5.74, 6) is -0.418. The molecule has 0 radical (unpaired) electrons. The molecule has 0 aliphatic carbocycles. The molecule has 0 atom stereocenters. The van der Waals surface area contributed by atoms with Crippen molar-refractivity contribution in [2.75, 3.05) is 17.2 Å². The normalized spacial score (nSPS) is 10.3. The lowest BCUT2D eigenvalue weighted by Crippen LogP contribution is -2.15. The number of hydrogen-bond donors (Lipinski definition) is 2. The molecule has 2 aromatic carbocycles. The number of aryl methyl sites for hydroxylation is 2. The third-order valence-corrected chi connectivity index (χ3v) is 4.31. The van der Waals surface area contributed by atoms with Crippen molar-refractivity contribution in [2.45, 2.75) is 20.8 Å². The first-order chi connectivity index (χ1) is 14.0. The van der Waals surface area contributed by atoms with Crippen LogP contribution >= 0.6 is 0 Å². The monoisotopic (exact) mass is 390 g/mol. The van der Waals surface area contributed by atoms with Gasteiger partial charge in [0.25, 0.3) is 5.91 Å². The highest BCUT2D eigenvalue weighted by Gasteiger charge is 2.11. The van der Waals surface area contributed by atoms with Crippen molar-refractivity contribution in [2.24, 2.45) is 0 Å². The second-order valence-corrected chi connectivity index (χ2v) is 6.44. The van der Waals surface area contributed by atoms with Crippen LogP contribution in [0.2, 0.25) is 0 Å². The van der Waals surface area contributed by atoms with Crippen molar-refractivity contribution in [3.05, 3.63) is 77.1 Å². The molecule has 0 aliphatic heterocycles. The summed E-state index contributed by atoms with van der Waals surface area (Å²) >= 11 is 0. The average molecular weight is 390 g/mol. The predicted molar refractivity (Wildman–Crippen MR) is 112 cm³/mol. The topological polar surface area (TPSA) is 93.2 Å². The van der Waals surface area contributed by atoms with E-state index >= 15 is 0 Å². The van der Waals surface area contributed by atoms with Gasteiger partial charge in [-0.25, -0.2) is 14.8 Å². The molecule has 0 saturated carbocycles. The Morgan fingerprint density at radius 1 is 0.966 bits per heavy atom. The summed E-state index contributed by atoms with van der Waals surface area (Å²) in [6.45, 7) is 6.09. The first-order valence-electron chi connectivity index (χ1n) is 9.22. The van der Waals surface area contributed by atoms with E-state index in [1.807, 2.05) is 32.0 Å². The van der Waals surface area contributed by atoms with Crippen LogP contribution in [0.25, 0.3) is 0 Å². The average Bonchev–Trinajstić information content (AvgIpc) is 2.72. The van der Waals surface area contributed by atoms with Gasteiger partial charge >= 0.3 is 5.97 Å². The van der Waals surface area contributed by atoms with E-state index in [2.05, 4.69) is 20.6 Å². The lowest BCUT2D eigenvalue weighted by molar-refractivity contribution is 0.0526. The Morgan fingerprint density at radius 3 is 2.38 bits per heavy atom. The number of aromatic nitrogens is 2. The second kappa shape index (κ2) is 8.97. The molecular weight excluding hydrogens is 368 g/mol. The van der Waals surface area contributed by atoms with Gasteiger partial charge in [0.1, 0.15) is 5.69 Å². The molecule has 3 aromatic rings. The van der Waals surface area contributed by atoms with Crippen LogP contribution in [0.1, 0.15) is 38.9 Å². The molecule has 0 fully saturated rings. The van der Waals surface area contributed by atoms with Crippen LogP contribution in [0.4, 0.5) is 17.3 Å². The molecule has 0 saturated heterocycles. The number of nitrogens with one attached hydrogen (secondary N) is 2. The Labute approximate surface area is 169 Å². The van der Waals surface area contributed by atoms with Gasteiger partial charge in [0.2, 0.25) is 5.95 Å². The fourth-order valence-corrected chi connectivity index (χ4v) is 2.59. The van der Waals surface area contributed by atoms with Crippen LogP contribution in [-0.2, 0) is 4.74 Å². The van der Waals surface area contributed by atoms with Gasteiger partial charge in [0.05, 0.1) is 12.2 Å². The van der Waals surface area contributed by atoms with E-state index in [4.69, 9.17) is 4.74 Å².